The van der Waals surface area contributed by atoms with Crippen molar-refractivity contribution in [2.75, 3.05) is 6.61 Å². The third-order valence-electron chi connectivity index (χ3n) is 3.39. The molecule has 2 aromatic carbocycles. The molecular weight excluding hydrogens is 252 g/mol. The van der Waals surface area contributed by atoms with Gasteiger partial charge in [0.25, 0.3) is 0 Å². The van der Waals surface area contributed by atoms with Gasteiger partial charge in [0.1, 0.15) is 11.5 Å². The molecule has 0 aliphatic heterocycles. The third-order valence-corrected chi connectivity index (χ3v) is 3.39. The van der Waals surface area contributed by atoms with Gasteiger partial charge in [0, 0.05) is 11.6 Å². The monoisotopic (exact) mass is 270 g/mol. The van der Waals surface area contributed by atoms with Crippen molar-refractivity contribution < 1.29 is 14.6 Å². The smallest absolute Gasteiger partial charge is 0.197 e. The molecule has 0 aromatic heterocycles. The summed E-state index contributed by atoms with van der Waals surface area (Å²) in [5.41, 5.74) is 2.54. The average Bonchev–Trinajstić information content (AvgIpc) is 2.45. The number of hydrogen-bond donors (Lipinski definition) is 1. The first-order valence-corrected chi connectivity index (χ1v) is 6.62. The summed E-state index contributed by atoms with van der Waals surface area (Å²) in [6, 6.07) is 10.5. The van der Waals surface area contributed by atoms with E-state index in [-0.39, 0.29) is 11.5 Å². The standard InChI is InChI=1S/C17H18O3/c1-4-20-15-10-14(18)16(12(3)11(15)2)17(19)13-8-6-5-7-9-13/h5-10,18H,4H2,1-3H3. The molecule has 2 aromatic rings. The molecule has 2 rings (SSSR count). The van der Waals surface area contributed by atoms with Crippen LogP contribution in [0.2, 0.25) is 0 Å². The van der Waals surface area contributed by atoms with E-state index in [4.69, 9.17) is 4.74 Å². The van der Waals surface area contributed by atoms with Gasteiger partial charge >= 0.3 is 0 Å². The fraction of sp³-hybridized carbons (Fsp3) is 0.235. The number of hydrogen-bond acceptors (Lipinski definition) is 3. The maximum atomic E-state index is 12.5. The lowest BCUT2D eigenvalue weighted by molar-refractivity contribution is 0.103. The number of ketones is 1. The molecule has 0 atom stereocenters. The molecule has 3 heteroatoms. The Labute approximate surface area is 118 Å². The number of ether oxygens (including phenoxy) is 1. The molecule has 0 unspecified atom stereocenters. The minimum atomic E-state index is -0.174. The Hall–Kier alpha value is -2.29. The van der Waals surface area contributed by atoms with Gasteiger partial charge in [0.15, 0.2) is 5.78 Å². The topological polar surface area (TPSA) is 46.5 Å². The van der Waals surface area contributed by atoms with E-state index in [1.54, 1.807) is 24.3 Å². The summed E-state index contributed by atoms with van der Waals surface area (Å²) in [6.07, 6.45) is 0. The van der Waals surface area contributed by atoms with Crippen LogP contribution in [-0.2, 0) is 0 Å². The van der Waals surface area contributed by atoms with Crippen LogP contribution in [0, 0.1) is 13.8 Å². The molecule has 20 heavy (non-hydrogen) atoms. The molecule has 1 N–H and O–H groups in total. The van der Waals surface area contributed by atoms with Crippen molar-refractivity contribution in [1.29, 1.82) is 0 Å². The quantitative estimate of drug-likeness (QED) is 0.863. The van der Waals surface area contributed by atoms with Gasteiger partial charge in [-0.3, -0.25) is 4.79 Å². The van der Waals surface area contributed by atoms with Gasteiger partial charge in [-0.15, -0.1) is 0 Å². The molecule has 0 aliphatic carbocycles. The Bertz CT molecular complexity index is 630. The number of phenolic OH excluding ortho intramolecular Hbond substituents is 1. The number of aromatic hydroxyl groups is 1. The second kappa shape index (κ2) is 5.78. The van der Waals surface area contributed by atoms with E-state index in [1.807, 2.05) is 26.8 Å². The van der Waals surface area contributed by atoms with Crippen molar-refractivity contribution in [3.05, 3.63) is 58.7 Å². The molecule has 104 valence electrons. The lowest BCUT2D eigenvalue weighted by atomic mass is 9.94. The fourth-order valence-electron chi connectivity index (χ4n) is 2.19. The van der Waals surface area contributed by atoms with E-state index in [0.29, 0.717) is 23.5 Å². The van der Waals surface area contributed by atoms with Crippen LogP contribution in [0.15, 0.2) is 36.4 Å². The highest BCUT2D eigenvalue weighted by Crippen LogP contribution is 2.33. The van der Waals surface area contributed by atoms with Crippen molar-refractivity contribution in [2.24, 2.45) is 0 Å². The second-order valence-corrected chi connectivity index (χ2v) is 4.65. The summed E-state index contributed by atoms with van der Waals surface area (Å²) in [5.74, 6) is 0.407. The third kappa shape index (κ3) is 2.52. The number of rotatable bonds is 4. The molecule has 0 saturated heterocycles. The van der Waals surface area contributed by atoms with Crippen molar-refractivity contribution >= 4 is 5.78 Å². The number of carbonyl (C=O) groups excluding carboxylic acids is 1. The van der Waals surface area contributed by atoms with Gasteiger partial charge in [-0.1, -0.05) is 30.3 Å². The number of benzene rings is 2. The van der Waals surface area contributed by atoms with Gasteiger partial charge < -0.3 is 9.84 Å². The van der Waals surface area contributed by atoms with Crippen molar-refractivity contribution in [2.45, 2.75) is 20.8 Å². The zero-order chi connectivity index (χ0) is 14.7. The van der Waals surface area contributed by atoms with E-state index >= 15 is 0 Å². The fourth-order valence-corrected chi connectivity index (χ4v) is 2.19. The van der Waals surface area contributed by atoms with Gasteiger partial charge in [0.2, 0.25) is 0 Å². The minimum Gasteiger partial charge on any atom is -0.507 e. The van der Waals surface area contributed by atoms with E-state index in [1.165, 1.54) is 6.07 Å². The molecule has 0 saturated carbocycles. The summed E-state index contributed by atoms with van der Waals surface area (Å²) < 4.78 is 5.47. The Kier molecular flexibility index (Phi) is 4.08. The average molecular weight is 270 g/mol. The highest BCUT2D eigenvalue weighted by Gasteiger charge is 2.20. The molecule has 0 aliphatic rings. The lowest BCUT2D eigenvalue weighted by Gasteiger charge is -2.15. The molecule has 0 fully saturated rings. The second-order valence-electron chi connectivity index (χ2n) is 4.65. The van der Waals surface area contributed by atoms with Crippen LogP contribution in [0.5, 0.6) is 11.5 Å². The SMILES string of the molecule is CCOc1cc(O)c(C(=O)c2ccccc2)c(C)c1C. The summed E-state index contributed by atoms with van der Waals surface area (Å²) in [4.78, 5) is 12.5. The number of phenols is 1. The van der Waals surface area contributed by atoms with Crippen LogP contribution in [-0.4, -0.2) is 17.5 Å². The lowest BCUT2D eigenvalue weighted by Crippen LogP contribution is -2.07. The van der Waals surface area contributed by atoms with Crippen LogP contribution in [0.3, 0.4) is 0 Å². The van der Waals surface area contributed by atoms with E-state index in [0.717, 1.165) is 11.1 Å². The Balaban J connectivity index is 2.53. The maximum absolute atomic E-state index is 12.5. The highest BCUT2D eigenvalue weighted by atomic mass is 16.5. The molecule has 0 spiro atoms. The molecule has 0 amide bonds. The molecule has 3 nitrogen and oxygen atoms in total. The Morgan fingerprint density at radius 3 is 2.40 bits per heavy atom. The van der Waals surface area contributed by atoms with Gasteiger partial charge in [-0.2, -0.15) is 0 Å². The van der Waals surface area contributed by atoms with E-state index in [2.05, 4.69) is 0 Å². The van der Waals surface area contributed by atoms with Crippen molar-refractivity contribution in [1.82, 2.24) is 0 Å². The van der Waals surface area contributed by atoms with Gasteiger partial charge in [-0.05, 0) is 31.9 Å². The van der Waals surface area contributed by atoms with Crippen LogP contribution >= 0.6 is 0 Å². The molecule has 0 heterocycles. The first-order chi connectivity index (χ1) is 9.56. The van der Waals surface area contributed by atoms with Crippen molar-refractivity contribution in [3.63, 3.8) is 0 Å². The molecule has 0 radical (unpaired) electrons. The van der Waals surface area contributed by atoms with Gasteiger partial charge in [-0.25, -0.2) is 0 Å². The summed E-state index contributed by atoms with van der Waals surface area (Å²) in [7, 11) is 0. The zero-order valence-corrected chi connectivity index (χ0v) is 11.9. The van der Waals surface area contributed by atoms with Gasteiger partial charge in [0.05, 0.1) is 12.2 Å². The predicted molar refractivity (Wildman–Crippen MR) is 78.6 cm³/mol. The summed E-state index contributed by atoms with van der Waals surface area (Å²) >= 11 is 0. The minimum absolute atomic E-state index is 0.0367. The predicted octanol–water partition coefficient (Wildman–Crippen LogP) is 3.64. The van der Waals surface area contributed by atoms with Crippen LogP contribution in [0.4, 0.5) is 0 Å². The van der Waals surface area contributed by atoms with Crippen LogP contribution in [0.1, 0.15) is 34.0 Å². The van der Waals surface area contributed by atoms with E-state index < -0.39 is 0 Å². The highest BCUT2D eigenvalue weighted by molar-refractivity contribution is 6.11. The van der Waals surface area contributed by atoms with Crippen LogP contribution in [0.25, 0.3) is 0 Å². The van der Waals surface area contributed by atoms with E-state index in [9.17, 15) is 9.90 Å². The molecule has 0 bridgehead atoms. The molecular formula is C17H18O3. The largest absolute Gasteiger partial charge is 0.507 e. The summed E-state index contributed by atoms with van der Waals surface area (Å²) in [5, 5.41) is 10.2. The first kappa shape index (κ1) is 14.1. The Morgan fingerprint density at radius 2 is 1.80 bits per heavy atom. The normalized spacial score (nSPS) is 10.3. The first-order valence-electron chi connectivity index (χ1n) is 6.62. The Morgan fingerprint density at radius 1 is 1.15 bits per heavy atom. The van der Waals surface area contributed by atoms with Crippen molar-refractivity contribution in [3.8, 4) is 11.5 Å². The zero-order valence-electron chi connectivity index (χ0n) is 11.9. The summed E-state index contributed by atoms with van der Waals surface area (Å²) in [6.45, 7) is 6.12. The van der Waals surface area contributed by atoms with Crippen LogP contribution < -0.4 is 4.74 Å². The maximum Gasteiger partial charge on any atom is 0.197 e. The number of carbonyl (C=O) groups is 1.